The lowest BCUT2D eigenvalue weighted by Crippen LogP contribution is -1.87. The normalized spacial score (nSPS) is 10.4. The van der Waals surface area contributed by atoms with Crippen LogP contribution in [-0.4, -0.2) is 6.29 Å². The van der Waals surface area contributed by atoms with Crippen LogP contribution in [0.4, 0.5) is 0 Å². The lowest BCUT2D eigenvalue weighted by Gasteiger charge is -2.09. The summed E-state index contributed by atoms with van der Waals surface area (Å²) in [6.45, 7) is 0. The van der Waals surface area contributed by atoms with Crippen molar-refractivity contribution < 1.29 is 4.79 Å². The molecule has 0 bridgehead atoms. The van der Waals surface area contributed by atoms with E-state index in [9.17, 15) is 4.79 Å². The molecule has 1 nitrogen and oxygen atoms in total. The average molecular weight is 320 g/mol. The van der Waals surface area contributed by atoms with Crippen LogP contribution < -0.4 is 0 Å². The van der Waals surface area contributed by atoms with Gasteiger partial charge in [0.25, 0.3) is 0 Å². The minimum Gasteiger partial charge on any atom is -0.298 e. The molecule has 2 aromatic rings. The Labute approximate surface area is 124 Å². The summed E-state index contributed by atoms with van der Waals surface area (Å²) in [4.78, 5) is 10.9. The predicted octanol–water partition coefficient (Wildman–Crippen LogP) is 5.78. The van der Waals surface area contributed by atoms with Crippen molar-refractivity contribution in [3.8, 4) is 11.1 Å². The summed E-state index contributed by atoms with van der Waals surface area (Å²) in [6, 6.07) is 8.25. The van der Waals surface area contributed by atoms with E-state index in [0.29, 0.717) is 43.1 Å². The third-order valence-electron chi connectivity index (χ3n) is 2.46. The van der Waals surface area contributed by atoms with Crippen molar-refractivity contribution in [3.63, 3.8) is 0 Å². The van der Waals surface area contributed by atoms with Gasteiger partial charge in [-0.2, -0.15) is 0 Å². The van der Waals surface area contributed by atoms with Crippen molar-refractivity contribution in [2.75, 3.05) is 0 Å². The lowest BCUT2D eigenvalue weighted by molar-refractivity contribution is 0.112. The van der Waals surface area contributed by atoms with Gasteiger partial charge >= 0.3 is 0 Å². The molecule has 0 spiro atoms. The van der Waals surface area contributed by atoms with Crippen LogP contribution in [0, 0.1) is 0 Å². The summed E-state index contributed by atoms with van der Waals surface area (Å²) in [5, 5.41) is 1.59. The summed E-state index contributed by atoms with van der Waals surface area (Å²) in [7, 11) is 0. The average Bonchev–Trinajstić information content (AvgIpc) is 2.36. The first kappa shape index (κ1) is 13.7. The Balaban J connectivity index is 2.69. The van der Waals surface area contributed by atoms with E-state index in [1.54, 1.807) is 30.3 Å². The van der Waals surface area contributed by atoms with E-state index < -0.39 is 0 Å². The van der Waals surface area contributed by atoms with Crippen LogP contribution in [0.5, 0.6) is 0 Å². The first-order chi connectivity index (χ1) is 8.54. The SMILES string of the molecule is O=Cc1cc(-c2c(Cl)ccc(Cl)c2Cl)ccc1Cl. The Morgan fingerprint density at radius 2 is 1.44 bits per heavy atom. The monoisotopic (exact) mass is 318 g/mol. The minimum atomic E-state index is 0.350. The lowest BCUT2D eigenvalue weighted by atomic mass is 10.0. The summed E-state index contributed by atoms with van der Waals surface area (Å²) in [5.74, 6) is 0. The third kappa shape index (κ3) is 2.50. The number of carbonyl (C=O) groups excluding carboxylic acids is 1. The molecule has 0 aliphatic rings. The Kier molecular flexibility index (Phi) is 4.18. The van der Waals surface area contributed by atoms with Crippen LogP contribution >= 0.6 is 46.4 Å². The molecule has 0 aliphatic heterocycles. The summed E-state index contributed by atoms with van der Waals surface area (Å²) in [5.41, 5.74) is 1.66. The van der Waals surface area contributed by atoms with Gasteiger partial charge in [0.1, 0.15) is 0 Å². The Morgan fingerprint density at radius 3 is 2.11 bits per heavy atom. The standard InChI is InChI=1S/C13H6Cl4O/c14-9-2-1-7(5-8(9)6-18)12-10(15)3-4-11(16)13(12)17/h1-6H. The van der Waals surface area contributed by atoms with E-state index in [1.165, 1.54) is 0 Å². The zero-order valence-corrected chi connectivity index (χ0v) is 11.9. The van der Waals surface area contributed by atoms with Gasteiger partial charge in [0.2, 0.25) is 0 Å². The summed E-state index contributed by atoms with van der Waals surface area (Å²) < 4.78 is 0. The molecule has 0 N–H and O–H groups in total. The van der Waals surface area contributed by atoms with E-state index in [4.69, 9.17) is 46.4 Å². The van der Waals surface area contributed by atoms with Crippen LogP contribution in [-0.2, 0) is 0 Å². The Bertz CT molecular complexity index is 623. The van der Waals surface area contributed by atoms with Crippen LogP contribution in [0.3, 0.4) is 0 Å². The van der Waals surface area contributed by atoms with Crippen molar-refractivity contribution in [2.24, 2.45) is 0 Å². The second-order valence-electron chi connectivity index (χ2n) is 3.57. The van der Waals surface area contributed by atoms with Crippen LogP contribution in [0.15, 0.2) is 30.3 Å². The highest BCUT2D eigenvalue weighted by Gasteiger charge is 2.13. The molecular weight excluding hydrogens is 314 g/mol. The molecule has 0 atom stereocenters. The Hall–Kier alpha value is -0.730. The van der Waals surface area contributed by atoms with Crippen molar-refractivity contribution in [1.82, 2.24) is 0 Å². The third-order valence-corrected chi connectivity index (χ3v) is 3.92. The highest BCUT2D eigenvalue weighted by Crippen LogP contribution is 2.39. The minimum absolute atomic E-state index is 0.350. The van der Waals surface area contributed by atoms with Gasteiger partial charge in [0, 0.05) is 16.1 Å². The second kappa shape index (κ2) is 5.50. The molecule has 0 unspecified atom stereocenters. The van der Waals surface area contributed by atoms with Crippen LogP contribution in [0.1, 0.15) is 10.4 Å². The molecule has 0 saturated heterocycles. The summed E-state index contributed by atoms with van der Waals surface area (Å²) in [6.07, 6.45) is 0.679. The van der Waals surface area contributed by atoms with E-state index in [0.717, 1.165) is 0 Å². The van der Waals surface area contributed by atoms with Crippen LogP contribution in [0.2, 0.25) is 20.1 Å². The molecule has 0 fully saturated rings. The van der Waals surface area contributed by atoms with Gasteiger partial charge in [0.05, 0.1) is 15.1 Å². The highest BCUT2D eigenvalue weighted by atomic mass is 35.5. The quantitative estimate of drug-likeness (QED) is 0.506. The summed E-state index contributed by atoms with van der Waals surface area (Å²) >= 11 is 24.1. The molecule has 2 rings (SSSR count). The van der Waals surface area contributed by atoms with Crippen molar-refractivity contribution in [2.45, 2.75) is 0 Å². The zero-order chi connectivity index (χ0) is 13.3. The number of carbonyl (C=O) groups is 1. The van der Waals surface area contributed by atoms with Crippen LogP contribution in [0.25, 0.3) is 11.1 Å². The number of rotatable bonds is 2. The molecule has 0 heterocycles. The molecule has 0 radical (unpaired) electrons. The predicted molar refractivity (Wildman–Crippen MR) is 77.3 cm³/mol. The van der Waals surface area contributed by atoms with E-state index in [2.05, 4.69) is 0 Å². The fourth-order valence-corrected chi connectivity index (χ4v) is 2.49. The maximum absolute atomic E-state index is 10.9. The molecule has 0 amide bonds. The fraction of sp³-hybridized carbons (Fsp3) is 0. The zero-order valence-electron chi connectivity index (χ0n) is 8.88. The molecule has 2 aromatic carbocycles. The number of hydrogen-bond acceptors (Lipinski definition) is 1. The van der Waals surface area contributed by atoms with Gasteiger partial charge in [-0.25, -0.2) is 0 Å². The van der Waals surface area contributed by atoms with Crippen molar-refractivity contribution in [3.05, 3.63) is 56.0 Å². The maximum atomic E-state index is 10.9. The van der Waals surface area contributed by atoms with E-state index in [-0.39, 0.29) is 0 Å². The first-order valence-electron chi connectivity index (χ1n) is 4.93. The van der Waals surface area contributed by atoms with E-state index in [1.807, 2.05) is 0 Å². The topological polar surface area (TPSA) is 17.1 Å². The highest BCUT2D eigenvalue weighted by molar-refractivity contribution is 6.46. The largest absolute Gasteiger partial charge is 0.298 e. The van der Waals surface area contributed by atoms with Crippen molar-refractivity contribution in [1.29, 1.82) is 0 Å². The van der Waals surface area contributed by atoms with Gasteiger partial charge in [-0.1, -0.05) is 52.5 Å². The van der Waals surface area contributed by atoms with E-state index >= 15 is 0 Å². The number of hydrogen-bond donors (Lipinski definition) is 0. The Morgan fingerprint density at radius 1 is 0.833 bits per heavy atom. The van der Waals surface area contributed by atoms with Crippen molar-refractivity contribution >= 4 is 52.7 Å². The molecule has 0 saturated carbocycles. The van der Waals surface area contributed by atoms with Gasteiger partial charge in [-0.15, -0.1) is 0 Å². The number of benzene rings is 2. The molecule has 0 aliphatic carbocycles. The van der Waals surface area contributed by atoms with Gasteiger partial charge in [0.15, 0.2) is 6.29 Å². The van der Waals surface area contributed by atoms with Gasteiger partial charge < -0.3 is 0 Å². The number of aldehydes is 1. The smallest absolute Gasteiger partial charge is 0.151 e. The molecule has 18 heavy (non-hydrogen) atoms. The van der Waals surface area contributed by atoms with Gasteiger partial charge in [-0.3, -0.25) is 4.79 Å². The second-order valence-corrected chi connectivity index (χ2v) is 5.17. The molecule has 0 aromatic heterocycles. The molecular formula is C13H6Cl4O. The first-order valence-corrected chi connectivity index (χ1v) is 6.44. The molecule has 5 heteroatoms. The fourth-order valence-electron chi connectivity index (χ4n) is 1.58. The molecule has 92 valence electrons. The van der Waals surface area contributed by atoms with Gasteiger partial charge in [-0.05, 0) is 29.8 Å². The maximum Gasteiger partial charge on any atom is 0.151 e. The number of halogens is 4.